The molecule has 0 amide bonds. The van der Waals surface area contributed by atoms with E-state index < -0.39 is 0 Å². The van der Waals surface area contributed by atoms with Gasteiger partial charge in [-0.15, -0.1) is 0 Å². The Morgan fingerprint density at radius 3 is 2.72 bits per heavy atom. The smallest absolute Gasteiger partial charge is 0.135 e. The molecule has 7 heteroatoms. The summed E-state index contributed by atoms with van der Waals surface area (Å²) >= 11 is 0. The van der Waals surface area contributed by atoms with Gasteiger partial charge in [0.05, 0.1) is 16.9 Å². The predicted octanol–water partition coefficient (Wildman–Crippen LogP) is 3.00. The molecule has 124 valence electrons. The van der Waals surface area contributed by atoms with E-state index in [-0.39, 0.29) is 0 Å². The van der Waals surface area contributed by atoms with Crippen molar-refractivity contribution < 1.29 is 0 Å². The minimum Gasteiger partial charge on any atom is -0.378 e. The summed E-state index contributed by atoms with van der Waals surface area (Å²) in [6.45, 7) is 0. The number of hydrogen-bond acceptors (Lipinski definition) is 6. The van der Waals surface area contributed by atoms with Crippen LogP contribution in [0.5, 0.6) is 0 Å². The van der Waals surface area contributed by atoms with Gasteiger partial charge in [0.1, 0.15) is 18.3 Å². The standard InChI is InChI=1S/C18H17N7/c1-24(2)14-5-3-4-13(10-14)22-18-16-7-9-20-12-25(16)23-17(18)15-6-8-19-11-21-15/h3-12,22H,1-2H3. The van der Waals surface area contributed by atoms with Gasteiger partial charge in [0.25, 0.3) is 0 Å². The van der Waals surface area contributed by atoms with E-state index in [2.05, 4.69) is 42.4 Å². The Morgan fingerprint density at radius 2 is 1.92 bits per heavy atom. The highest BCUT2D eigenvalue weighted by atomic mass is 15.3. The van der Waals surface area contributed by atoms with Crippen molar-refractivity contribution in [3.05, 3.63) is 61.4 Å². The van der Waals surface area contributed by atoms with Gasteiger partial charge in [-0.3, -0.25) is 0 Å². The van der Waals surface area contributed by atoms with Gasteiger partial charge in [-0.05, 0) is 30.3 Å². The Morgan fingerprint density at radius 1 is 1.04 bits per heavy atom. The summed E-state index contributed by atoms with van der Waals surface area (Å²) < 4.78 is 1.75. The summed E-state index contributed by atoms with van der Waals surface area (Å²) in [5, 5.41) is 8.12. The lowest BCUT2D eigenvalue weighted by molar-refractivity contribution is 0.922. The van der Waals surface area contributed by atoms with Crippen LogP contribution in [-0.2, 0) is 0 Å². The molecule has 3 heterocycles. The third-order valence-corrected chi connectivity index (χ3v) is 3.90. The van der Waals surface area contributed by atoms with Crippen LogP contribution in [0.25, 0.3) is 16.9 Å². The molecule has 0 unspecified atom stereocenters. The van der Waals surface area contributed by atoms with Crippen molar-refractivity contribution in [1.29, 1.82) is 0 Å². The summed E-state index contributed by atoms with van der Waals surface area (Å²) in [5.41, 5.74) is 5.42. The molecule has 0 aliphatic carbocycles. The van der Waals surface area contributed by atoms with Crippen LogP contribution in [0.15, 0.2) is 61.4 Å². The van der Waals surface area contributed by atoms with Crippen LogP contribution < -0.4 is 10.2 Å². The van der Waals surface area contributed by atoms with Crippen molar-refractivity contribution in [2.75, 3.05) is 24.3 Å². The van der Waals surface area contributed by atoms with E-state index in [0.717, 1.165) is 34.0 Å². The maximum Gasteiger partial charge on any atom is 0.135 e. The molecule has 0 aliphatic heterocycles. The molecule has 0 saturated carbocycles. The van der Waals surface area contributed by atoms with Crippen LogP contribution in [0.2, 0.25) is 0 Å². The molecule has 1 N–H and O–H groups in total. The minimum absolute atomic E-state index is 0.755. The Kier molecular flexibility index (Phi) is 3.74. The quantitative estimate of drug-likeness (QED) is 0.620. The largest absolute Gasteiger partial charge is 0.378 e. The average molecular weight is 331 g/mol. The fraction of sp³-hybridized carbons (Fsp3) is 0.111. The number of nitrogens with zero attached hydrogens (tertiary/aromatic N) is 6. The van der Waals surface area contributed by atoms with Gasteiger partial charge in [-0.2, -0.15) is 5.10 Å². The zero-order chi connectivity index (χ0) is 17.2. The lowest BCUT2D eigenvalue weighted by Gasteiger charge is -2.14. The van der Waals surface area contributed by atoms with Crippen molar-refractivity contribution in [2.24, 2.45) is 0 Å². The number of anilines is 3. The average Bonchev–Trinajstić information content (AvgIpc) is 3.01. The topological polar surface area (TPSA) is 71.2 Å². The second-order valence-corrected chi connectivity index (χ2v) is 5.80. The van der Waals surface area contributed by atoms with Crippen molar-refractivity contribution in [2.45, 2.75) is 0 Å². The molecule has 0 radical (unpaired) electrons. The molecule has 4 rings (SSSR count). The molecule has 4 aromatic rings. The fourth-order valence-corrected chi connectivity index (χ4v) is 2.65. The Labute approximate surface area is 145 Å². The zero-order valence-electron chi connectivity index (χ0n) is 14.0. The normalized spacial score (nSPS) is 10.8. The predicted molar refractivity (Wildman–Crippen MR) is 98.1 cm³/mol. The van der Waals surface area contributed by atoms with Gasteiger partial charge in [0, 0.05) is 37.9 Å². The van der Waals surface area contributed by atoms with Gasteiger partial charge in [-0.1, -0.05) is 6.07 Å². The molecular weight excluding hydrogens is 314 g/mol. The first kappa shape index (κ1) is 15.1. The van der Waals surface area contributed by atoms with E-state index in [4.69, 9.17) is 0 Å². The number of fused-ring (bicyclic) bond motifs is 1. The summed E-state index contributed by atoms with van der Waals surface area (Å²) in [6.07, 6.45) is 6.67. The highest BCUT2D eigenvalue weighted by Gasteiger charge is 2.16. The van der Waals surface area contributed by atoms with Gasteiger partial charge < -0.3 is 10.2 Å². The lowest BCUT2D eigenvalue weighted by atomic mass is 10.2. The minimum atomic E-state index is 0.755. The Bertz CT molecular complexity index is 1010. The molecule has 7 nitrogen and oxygen atoms in total. The van der Waals surface area contributed by atoms with Gasteiger partial charge in [0.2, 0.25) is 0 Å². The van der Waals surface area contributed by atoms with Crippen molar-refractivity contribution in [3.8, 4) is 11.4 Å². The maximum absolute atomic E-state index is 4.63. The maximum atomic E-state index is 4.63. The lowest BCUT2D eigenvalue weighted by Crippen LogP contribution is -2.08. The van der Waals surface area contributed by atoms with E-state index in [0.29, 0.717) is 0 Å². The Hall–Kier alpha value is -3.48. The van der Waals surface area contributed by atoms with E-state index >= 15 is 0 Å². The van der Waals surface area contributed by atoms with Gasteiger partial charge in [0.15, 0.2) is 0 Å². The van der Waals surface area contributed by atoms with Crippen LogP contribution in [0, 0.1) is 0 Å². The molecular formula is C18H17N7. The van der Waals surface area contributed by atoms with E-state index in [9.17, 15) is 0 Å². The first-order valence-corrected chi connectivity index (χ1v) is 7.85. The second kappa shape index (κ2) is 6.20. The van der Waals surface area contributed by atoms with E-state index in [1.165, 1.54) is 6.33 Å². The second-order valence-electron chi connectivity index (χ2n) is 5.80. The zero-order valence-corrected chi connectivity index (χ0v) is 14.0. The number of benzene rings is 1. The molecule has 0 saturated heterocycles. The first-order valence-electron chi connectivity index (χ1n) is 7.85. The highest BCUT2D eigenvalue weighted by Crippen LogP contribution is 2.32. The molecule has 0 atom stereocenters. The van der Waals surface area contributed by atoms with E-state index in [1.54, 1.807) is 23.2 Å². The third kappa shape index (κ3) is 2.87. The number of aromatic nitrogens is 5. The van der Waals surface area contributed by atoms with Crippen LogP contribution in [0.4, 0.5) is 17.1 Å². The van der Waals surface area contributed by atoms with Gasteiger partial charge >= 0.3 is 0 Å². The van der Waals surface area contributed by atoms with Crippen molar-refractivity contribution in [3.63, 3.8) is 0 Å². The summed E-state index contributed by atoms with van der Waals surface area (Å²) in [6, 6.07) is 12.0. The Balaban J connectivity index is 1.84. The molecule has 1 aromatic carbocycles. The van der Waals surface area contributed by atoms with Crippen LogP contribution >= 0.6 is 0 Å². The molecule has 0 bridgehead atoms. The molecule has 25 heavy (non-hydrogen) atoms. The van der Waals surface area contributed by atoms with Crippen LogP contribution in [-0.4, -0.2) is 38.7 Å². The SMILES string of the molecule is CN(C)c1cccc(Nc2c(-c3ccncn3)nn3cnccc23)c1. The fourth-order valence-electron chi connectivity index (χ4n) is 2.65. The first-order chi connectivity index (χ1) is 12.2. The molecule has 0 aliphatic rings. The van der Waals surface area contributed by atoms with Crippen LogP contribution in [0.1, 0.15) is 0 Å². The molecule has 0 spiro atoms. The third-order valence-electron chi connectivity index (χ3n) is 3.90. The monoisotopic (exact) mass is 331 g/mol. The van der Waals surface area contributed by atoms with Gasteiger partial charge in [-0.25, -0.2) is 19.5 Å². The molecule has 0 fully saturated rings. The summed E-state index contributed by atoms with van der Waals surface area (Å²) in [4.78, 5) is 14.5. The number of nitrogens with one attached hydrogen (secondary N) is 1. The highest BCUT2D eigenvalue weighted by molar-refractivity contribution is 5.89. The number of hydrogen-bond donors (Lipinski definition) is 1. The van der Waals surface area contributed by atoms with Crippen molar-refractivity contribution >= 4 is 22.6 Å². The van der Waals surface area contributed by atoms with Crippen molar-refractivity contribution in [1.82, 2.24) is 24.6 Å². The summed E-state index contributed by atoms with van der Waals surface area (Å²) in [5.74, 6) is 0. The van der Waals surface area contributed by atoms with Crippen LogP contribution in [0.3, 0.4) is 0 Å². The van der Waals surface area contributed by atoms with E-state index in [1.807, 2.05) is 38.4 Å². The summed E-state index contributed by atoms with van der Waals surface area (Å²) in [7, 11) is 4.04. The molecule has 3 aromatic heterocycles. The number of rotatable bonds is 4.